The minimum Gasteiger partial charge on any atom is -0.295 e. The fourth-order valence-corrected chi connectivity index (χ4v) is 1.27. The molecular weight excluding hydrogens is 223 g/mol. The van der Waals surface area contributed by atoms with Crippen LogP contribution in [0.5, 0.6) is 0 Å². The molecule has 0 unspecified atom stereocenters. The lowest BCUT2D eigenvalue weighted by molar-refractivity contribution is 0.473. The first-order valence-electron chi connectivity index (χ1n) is 4.61. The first-order chi connectivity index (χ1) is 6.93. The molecule has 0 aliphatic heterocycles. The van der Waals surface area contributed by atoms with Crippen LogP contribution in [0.4, 0.5) is 4.39 Å². The minimum absolute atomic E-state index is 0.194. The van der Waals surface area contributed by atoms with Crippen LogP contribution in [0, 0.1) is 11.7 Å². The molecule has 0 atom stereocenters. The number of rotatable bonds is 3. The van der Waals surface area contributed by atoms with Crippen LogP contribution in [0.2, 0.25) is 5.15 Å². The molecule has 6 heteroatoms. The number of aromatic amines is 1. The highest BCUT2D eigenvalue weighted by atomic mass is 35.5. The molecule has 15 heavy (non-hydrogen) atoms. The van der Waals surface area contributed by atoms with Crippen LogP contribution < -0.4 is 11.2 Å². The quantitative estimate of drug-likeness (QED) is 0.804. The molecule has 1 aromatic rings. The van der Waals surface area contributed by atoms with Crippen molar-refractivity contribution in [2.24, 2.45) is 5.92 Å². The lowest BCUT2D eigenvalue weighted by Crippen LogP contribution is -2.37. The molecule has 0 aliphatic carbocycles. The van der Waals surface area contributed by atoms with Crippen molar-refractivity contribution >= 4 is 11.6 Å². The van der Waals surface area contributed by atoms with Gasteiger partial charge in [0.05, 0.1) is 0 Å². The highest BCUT2D eigenvalue weighted by molar-refractivity contribution is 6.29. The number of nitrogens with one attached hydrogen (secondary N) is 1. The van der Waals surface area contributed by atoms with Gasteiger partial charge in [0, 0.05) is 6.54 Å². The predicted molar refractivity (Wildman–Crippen MR) is 55.7 cm³/mol. The van der Waals surface area contributed by atoms with Crippen molar-refractivity contribution in [1.29, 1.82) is 0 Å². The predicted octanol–water partition coefficient (Wildman–Crippen LogP) is 1.38. The maximum absolute atomic E-state index is 13.1. The summed E-state index contributed by atoms with van der Waals surface area (Å²) in [6, 6.07) is 0. The molecule has 0 bridgehead atoms. The Bertz CT molecular complexity index is 464. The number of hydrogen-bond donors (Lipinski definition) is 1. The molecule has 0 saturated carbocycles. The van der Waals surface area contributed by atoms with Gasteiger partial charge in [0.25, 0.3) is 5.56 Å². The normalized spacial score (nSPS) is 11.0. The highest BCUT2D eigenvalue weighted by Crippen LogP contribution is 2.04. The molecule has 0 fully saturated rings. The second-order valence-electron chi connectivity index (χ2n) is 3.70. The molecule has 0 saturated heterocycles. The van der Waals surface area contributed by atoms with E-state index in [0.717, 1.165) is 4.57 Å². The first-order valence-corrected chi connectivity index (χ1v) is 4.99. The first kappa shape index (κ1) is 12.0. The molecule has 0 amide bonds. The third-order valence-electron chi connectivity index (χ3n) is 2.02. The lowest BCUT2D eigenvalue weighted by atomic mass is 10.1. The van der Waals surface area contributed by atoms with Crippen molar-refractivity contribution in [3.63, 3.8) is 0 Å². The summed E-state index contributed by atoms with van der Waals surface area (Å²) < 4.78 is 13.9. The average molecular weight is 235 g/mol. The maximum atomic E-state index is 13.1. The van der Waals surface area contributed by atoms with Gasteiger partial charge in [-0.05, 0) is 12.3 Å². The van der Waals surface area contributed by atoms with E-state index >= 15 is 0 Å². The van der Waals surface area contributed by atoms with E-state index in [9.17, 15) is 14.0 Å². The third-order valence-corrected chi connectivity index (χ3v) is 2.28. The van der Waals surface area contributed by atoms with E-state index in [1.807, 2.05) is 13.8 Å². The van der Waals surface area contributed by atoms with E-state index < -0.39 is 22.2 Å². The van der Waals surface area contributed by atoms with Crippen LogP contribution in [0.1, 0.15) is 20.3 Å². The molecule has 1 rings (SSSR count). The molecule has 1 heterocycles. The number of nitrogens with zero attached hydrogens (tertiary/aromatic N) is 1. The Hall–Kier alpha value is -1.10. The lowest BCUT2D eigenvalue weighted by Gasteiger charge is -2.06. The van der Waals surface area contributed by atoms with Gasteiger partial charge in [-0.25, -0.2) is 4.79 Å². The van der Waals surface area contributed by atoms with Gasteiger partial charge in [-0.15, -0.1) is 0 Å². The fourth-order valence-electron chi connectivity index (χ4n) is 1.11. The standard InChI is InChI=1S/C9H12ClFN2O2/c1-5(2)3-4-13-8(14)6(11)7(10)12-9(13)15/h5H,3-4H2,1-2H3,(H,12,15). The topological polar surface area (TPSA) is 54.9 Å². The Morgan fingerprint density at radius 2 is 2.07 bits per heavy atom. The van der Waals surface area contributed by atoms with Gasteiger partial charge in [-0.2, -0.15) is 4.39 Å². The number of halogens is 2. The summed E-state index contributed by atoms with van der Waals surface area (Å²) in [4.78, 5) is 24.7. The zero-order chi connectivity index (χ0) is 11.6. The van der Waals surface area contributed by atoms with Crippen molar-refractivity contribution in [2.75, 3.05) is 0 Å². The summed E-state index contributed by atoms with van der Waals surface area (Å²) in [6.45, 7) is 4.09. The summed E-state index contributed by atoms with van der Waals surface area (Å²) in [5.41, 5.74) is -1.64. The van der Waals surface area contributed by atoms with Crippen LogP contribution in [0.3, 0.4) is 0 Å². The number of H-pyrrole nitrogens is 1. The molecule has 0 spiro atoms. The largest absolute Gasteiger partial charge is 0.329 e. The van der Waals surface area contributed by atoms with E-state index in [4.69, 9.17) is 11.6 Å². The van der Waals surface area contributed by atoms with Crippen LogP contribution >= 0.6 is 11.6 Å². The van der Waals surface area contributed by atoms with E-state index in [1.165, 1.54) is 0 Å². The molecular formula is C9H12ClFN2O2. The van der Waals surface area contributed by atoms with Gasteiger partial charge in [0.1, 0.15) is 0 Å². The van der Waals surface area contributed by atoms with Crippen LogP contribution in [-0.2, 0) is 6.54 Å². The zero-order valence-electron chi connectivity index (χ0n) is 8.51. The molecule has 0 radical (unpaired) electrons. The highest BCUT2D eigenvalue weighted by Gasteiger charge is 2.11. The maximum Gasteiger partial charge on any atom is 0.329 e. The van der Waals surface area contributed by atoms with Crippen LogP contribution in [0.15, 0.2) is 9.59 Å². The van der Waals surface area contributed by atoms with Crippen molar-refractivity contribution < 1.29 is 4.39 Å². The third kappa shape index (κ3) is 2.68. The Labute approximate surface area is 90.7 Å². The van der Waals surface area contributed by atoms with Gasteiger partial charge in [-0.1, -0.05) is 25.4 Å². The molecule has 0 aromatic carbocycles. The molecule has 1 aromatic heterocycles. The molecule has 0 aliphatic rings. The van der Waals surface area contributed by atoms with E-state index in [0.29, 0.717) is 12.3 Å². The minimum atomic E-state index is -1.11. The Morgan fingerprint density at radius 1 is 1.47 bits per heavy atom. The summed E-state index contributed by atoms with van der Waals surface area (Å²) in [5, 5.41) is -0.536. The molecule has 4 nitrogen and oxygen atoms in total. The van der Waals surface area contributed by atoms with Gasteiger partial charge in [-0.3, -0.25) is 14.3 Å². The average Bonchev–Trinajstić information content (AvgIpc) is 2.14. The van der Waals surface area contributed by atoms with Crippen molar-refractivity contribution in [3.8, 4) is 0 Å². The Kier molecular flexibility index (Phi) is 3.68. The monoisotopic (exact) mass is 234 g/mol. The van der Waals surface area contributed by atoms with Gasteiger partial charge in [0.15, 0.2) is 5.15 Å². The van der Waals surface area contributed by atoms with Gasteiger partial charge >= 0.3 is 5.69 Å². The second kappa shape index (κ2) is 4.61. The summed E-state index contributed by atoms with van der Waals surface area (Å²) >= 11 is 5.31. The Balaban J connectivity index is 3.14. The Morgan fingerprint density at radius 3 is 2.60 bits per heavy atom. The summed E-state index contributed by atoms with van der Waals surface area (Å²) in [6.07, 6.45) is 0.629. The van der Waals surface area contributed by atoms with Gasteiger partial charge < -0.3 is 0 Å². The van der Waals surface area contributed by atoms with Crippen molar-refractivity contribution in [3.05, 3.63) is 31.8 Å². The van der Waals surface area contributed by atoms with Crippen molar-refractivity contribution in [2.45, 2.75) is 26.8 Å². The SMILES string of the molecule is CC(C)CCn1c(=O)[nH]c(Cl)c(F)c1=O. The van der Waals surface area contributed by atoms with Crippen molar-refractivity contribution in [1.82, 2.24) is 9.55 Å². The van der Waals surface area contributed by atoms with E-state index in [-0.39, 0.29) is 6.54 Å². The van der Waals surface area contributed by atoms with Crippen LogP contribution in [0.25, 0.3) is 0 Å². The number of aromatic nitrogens is 2. The zero-order valence-corrected chi connectivity index (χ0v) is 9.27. The molecule has 1 N–H and O–H groups in total. The summed E-state index contributed by atoms with van der Waals surface area (Å²) in [7, 11) is 0. The smallest absolute Gasteiger partial charge is 0.295 e. The molecule has 84 valence electrons. The number of hydrogen-bond acceptors (Lipinski definition) is 2. The van der Waals surface area contributed by atoms with Crippen LogP contribution in [-0.4, -0.2) is 9.55 Å². The second-order valence-corrected chi connectivity index (χ2v) is 4.08. The van der Waals surface area contributed by atoms with Gasteiger partial charge in [0.2, 0.25) is 5.82 Å². The fraction of sp³-hybridized carbons (Fsp3) is 0.556. The summed E-state index contributed by atoms with van der Waals surface area (Å²) in [5.74, 6) is -0.782. The van der Waals surface area contributed by atoms with E-state index in [2.05, 4.69) is 4.98 Å². The van der Waals surface area contributed by atoms with E-state index in [1.54, 1.807) is 0 Å².